The average Bonchev–Trinajstić information content (AvgIpc) is 3.09. The Kier molecular flexibility index (Phi) is 2.52. The molecule has 1 saturated carbocycles. The topological polar surface area (TPSA) is 41.9 Å². The monoisotopic (exact) mass is 334 g/mol. The zero-order valence-electron chi connectivity index (χ0n) is 14.6. The lowest BCUT2D eigenvalue weighted by atomic mass is 9.66. The van der Waals surface area contributed by atoms with Crippen molar-refractivity contribution in [1.82, 2.24) is 4.90 Å². The molecule has 2 unspecified atom stereocenters. The van der Waals surface area contributed by atoms with Gasteiger partial charge >= 0.3 is 5.97 Å². The van der Waals surface area contributed by atoms with Gasteiger partial charge < -0.3 is 4.74 Å². The molecule has 4 nitrogen and oxygen atoms in total. The highest BCUT2D eigenvalue weighted by Gasteiger charge is 2.73. The van der Waals surface area contributed by atoms with Crippen molar-refractivity contribution in [1.29, 1.82) is 0 Å². The third-order valence-corrected chi connectivity index (χ3v) is 7.48. The van der Waals surface area contributed by atoms with Gasteiger partial charge in [-0.3, -0.25) is 14.7 Å². The van der Waals surface area contributed by atoms with E-state index in [0.29, 0.717) is 23.9 Å². The number of nitrogens with zero attached hydrogens (tertiary/aromatic N) is 2. The number of hydrogen-bond acceptors (Lipinski definition) is 4. The first-order chi connectivity index (χ1) is 12.1. The number of hydrogen-bond donors (Lipinski definition) is 0. The van der Waals surface area contributed by atoms with Gasteiger partial charge in [-0.25, -0.2) is 0 Å². The number of carbonyl (C=O) groups excluding carboxylic acids is 1. The summed E-state index contributed by atoms with van der Waals surface area (Å²) < 4.78 is 6.09. The molecule has 1 aromatic rings. The predicted octanol–water partition coefficient (Wildman–Crippen LogP) is 2.99. The van der Waals surface area contributed by atoms with Gasteiger partial charge in [-0.05, 0) is 37.3 Å². The molecule has 5 aliphatic heterocycles. The minimum Gasteiger partial charge on any atom is -0.461 e. The van der Waals surface area contributed by atoms with E-state index >= 15 is 0 Å². The van der Waals surface area contributed by atoms with Crippen LogP contribution in [0.3, 0.4) is 0 Å². The Morgan fingerprint density at radius 2 is 2.24 bits per heavy atom. The van der Waals surface area contributed by atoms with E-state index in [1.54, 1.807) is 6.92 Å². The maximum Gasteiger partial charge on any atom is 0.302 e. The second kappa shape index (κ2) is 4.42. The lowest BCUT2D eigenvalue weighted by molar-refractivity contribution is -0.152. The van der Waals surface area contributed by atoms with Gasteiger partial charge in [0.1, 0.15) is 6.10 Å². The molecule has 4 heteroatoms. The molecular formula is C21H22N2O2. The number of allylic oxidation sites excluding steroid dienone is 1. The first kappa shape index (κ1) is 14.3. The first-order valence-corrected chi connectivity index (χ1v) is 9.42. The Labute approximate surface area is 147 Å². The Morgan fingerprint density at radius 3 is 3.04 bits per heavy atom. The van der Waals surface area contributed by atoms with Crippen LogP contribution < -0.4 is 0 Å². The van der Waals surface area contributed by atoms with Crippen molar-refractivity contribution in [2.24, 2.45) is 16.8 Å². The summed E-state index contributed by atoms with van der Waals surface area (Å²) in [6.07, 6.45) is 4.40. The Morgan fingerprint density at radius 1 is 1.40 bits per heavy atom. The van der Waals surface area contributed by atoms with E-state index < -0.39 is 0 Å². The van der Waals surface area contributed by atoms with Crippen molar-refractivity contribution in [2.45, 2.75) is 50.3 Å². The van der Waals surface area contributed by atoms with Gasteiger partial charge in [0.2, 0.25) is 0 Å². The van der Waals surface area contributed by atoms with E-state index in [9.17, 15) is 4.79 Å². The lowest BCUT2D eigenvalue weighted by Gasteiger charge is -2.55. The van der Waals surface area contributed by atoms with Crippen LogP contribution in [0.4, 0.5) is 5.69 Å². The average molecular weight is 334 g/mol. The zero-order chi connectivity index (χ0) is 16.9. The van der Waals surface area contributed by atoms with E-state index in [1.807, 2.05) is 0 Å². The van der Waals surface area contributed by atoms with Crippen molar-refractivity contribution in [3.8, 4) is 0 Å². The first-order valence-electron chi connectivity index (χ1n) is 9.42. The molecule has 1 aromatic carbocycles. The van der Waals surface area contributed by atoms with Crippen molar-refractivity contribution < 1.29 is 9.53 Å². The molecule has 7 atom stereocenters. The van der Waals surface area contributed by atoms with E-state index in [0.717, 1.165) is 25.1 Å². The van der Waals surface area contributed by atoms with Crippen molar-refractivity contribution in [3.05, 3.63) is 41.5 Å². The second-order valence-corrected chi connectivity index (χ2v) is 8.26. The largest absolute Gasteiger partial charge is 0.461 e. The van der Waals surface area contributed by atoms with E-state index in [2.05, 4.69) is 42.2 Å². The van der Waals surface area contributed by atoms with E-state index in [-0.39, 0.29) is 17.5 Å². The van der Waals surface area contributed by atoms with Crippen LogP contribution in [0, 0.1) is 11.8 Å². The number of fused-ring (bicyclic) bond motifs is 2. The number of aliphatic imine (C=N–C) groups is 1. The summed E-state index contributed by atoms with van der Waals surface area (Å²) in [5.74, 6) is 0.778. The van der Waals surface area contributed by atoms with Gasteiger partial charge in [0.25, 0.3) is 0 Å². The van der Waals surface area contributed by atoms with Crippen LogP contribution in [0.15, 0.2) is 40.9 Å². The molecule has 25 heavy (non-hydrogen) atoms. The minimum atomic E-state index is -0.184. The smallest absolute Gasteiger partial charge is 0.302 e. The molecular weight excluding hydrogens is 312 g/mol. The fraction of sp³-hybridized carbons (Fsp3) is 0.524. The van der Waals surface area contributed by atoms with Crippen LogP contribution in [-0.2, 0) is 14.9 Å². The molecule has 0 amide bonds. The maximum atomic E-state index is 12.0. The fourth-order valence-corrected chi connectivity index (χ4v) is 6.78. The number of para-hydroxylation sites is 1. The molecule has 6 aliphatic rings. The molecule has 1 spiro atoms. The molecule has 5 heterocycles. The van der Waals surface area contributed by atoms with Gasteiger partial charge in [0.05, 0.1) is 22.9 Å². The van der Waals surface area contributed by atoms with Gasteiger partial charge in [-0.15, -0.1) is 0 Å². The summed E-state index contributed by atoms with van der Waals surface area (Å²) in [5, 5.41) is 0. The number of carbonyl (C=O) groups is 1. The third-order valence-electron chi connectivity index (χ3n) is 7.48. The van der Waals surface area contributed by atoms with Gasteiger partial charge in [-0.2, -0.15) is 0 Å². The summed E-state index contributed by atoms with van der Waals surface area (Å²) in [6, 6.07) is 9.42. The molecule has 5 bridgehead atoms. The highest BCUT2D eigenvalue weighted by molar-refractivity contribution is 6.08. The summed E-state index contributed by atoms with van der Waals surface area (Å²) in [5.41, 5.74) is 5.00. The van der Waals surface area contributed by atoms with Crippen molar-refractivity contribution in [3.63, 3.8) is 0 Å². The Bertz CT molecular complexity index is 872. The zero-order valence-corrected chi connectivity index (χ0v) is 14.6. The molecule has 0 aromatic heterocycles. The van der Waals surface area contributed by atoms with E-state index in [4.69, 9.17) is 9.73 Å². The number of ether oxygens (including phenoxy) is 1. The summed E-state index contributed by atoms with van der Waals surface area (Å²) in [7, 11) is 0. The number of piperidine rings is 4. The van der Waals surface area contributed by atoms with Crippen LogP contribution in [0.5, 0.6) is 0 Å². The fourth-order valence-electron chi connectivity index (χ4n) is 6.78. The Hall–Kier alpha value is -1.94. The number of benzene rings is 1. The highest BCUT2D eigenvalue weighted by Crippen LogP contribution is 2.66. The van der Waals surface area contributed by atoms with Crippen LogP contribution in [0.1, 0.15) is 32.3 Å². The van der Waals surface area contributed by atoms with Crippen molar-refractivity contribution >= 4 is 17.4 Å². The standard InChI is InChI=1S/C21H22N2O2/c1-3-12-10-23-16-8-13(12)18-17(23)9-21(20(18)25-11(2)24)14-6-4-5-7-15(14)22-19(16)21/h3-7,13,16-18,20H,8-10H2,1-2H3/b12-3-/t13-,16-,17-,18-,20+,21?/m0/s1. The van der Waals surface area contributed by atoms with Crippen LogP contribution in [0.25, 0.3) is 0 Å². The van der Waals surface area contributed by atoms with Crippen LogP contribution in [-0.4, -0.2) is 41.3 Å². The second-order valence-electron chi connectivity index (χ2n) is 8.26. The quantitative estimate of drug-likeness (QED) is 0.586. The molecule has 7 rings (SSSR count). The SMILES string of the molecule is C/C=C1/CN2[C@H]3C[C@@H]1[C@@H]1[C@@H](OC(C)=O)C4(C[C@@H]12)C3=Nc1ccccc14. The van der Waals surface area contributed by atoms with Crippen LogP contribution in [0.2, 0.25) is 0 Å². The molecule has 0 radical (unpaired) electrons. The van der Waals surface area contributed by atoms with Gasteiger partial charge in [0, 0.05) is 25.4 Å². The predicted molar refractivity (Wildman–Crippen MR) is 95.0 cm³/mol. The molecule has 4 saturated heterocycles. The normalized spacial score (nSPS) is 46.2. The van der Waals surface area contributed by atoms with E-state index in [1.165, 1.54) is 16.8 Å². The minimum absolute atomic E-state index is 0.0763. The molecule has 128 valence electrons. The molecule has 1 aliphatic carbocycles. The Balaban J connectivity index is 1.62. The van der Waals surface area contributed by atoms with Gasteiger partial charge in [0.15, 0.2) is 0 Å². The molecule has 0 N–H and O–H groups in total. The summed E-state index contributed by atoms with van der Waals surface area (Å²) >= 11 is 0. The highest BCUT2D eigenvalue weighted by atomic mass is 16.5. The summed E-state index contributed by atoms with van der Waals surface area (Å²) in [4.78, 5) is 19.8. The van der Waals surface area contributed by atoms with Crippen LogP contribution >= 0.6 is 0 Å². The number of esters is 1. The third kappa shape index (κ3) is 1.46. The van der Waals surface area contributed by atoms with Crippen molar-refractivity contribution in [2.75, 3.05) is 6.54 Å². The lowest BCUT2D eigenvalue weighted by Crippen LogP contribution is -2.64. The van der Waals surface area contributed by atoms with Gasteiger partial charge in [-0.1, -0.05) is 29.8 Å². The number of rotatable bonds is 1. The molecule has 5 fully saturated rings. The summed E-state index contributed by atoms with van der Waals surface area (Å²) in [6.45, 7) is 4.77. The maximum absolute atomic E-state index is 12.0.